The van der Waals surface area contributed by atoms with E-state index in [-0.39, 0.29) is 34.3 Å². The molecule has 1 amide bonds. The minimum absolute atomic E-state index is 0.0238. The van der Waals surface area contributed by atoms with Gasteiger partial charge in [-0.3, -0.25) is 4.84 Å². The Labute approximate surface area is 274 Å². The number of hydrogen-bond acceptors (Lipinski definition) is 11. The zero-order chi connectivity index (χ0) is 35.9. The maximum Gasteiger partial charge on any atom is 0.511 e. The number of hydrazine groups is 1. The van der Waals surface area contributed by atoms with E-state index in [0.717, 1.165) is 33.5 Å². The number of carbonyl (C=O) groups excluding carboxylic acids is 2. The Kier molecular flexibility index (Phi) is 11.9. The van der Waals surface area contributed by atoms with Crippen LogP contribution in [-0.4, -0.2) is 72.0 Å². The Morgan fingerprint density at radius 3 is 2.29 bits per heavy atom. The molecule has 0 bridgehead atoms. The molecule has 0 radical (unpaired) electrons. The number of aromatic nitrogens is 2. The van der Waals surface area contributed by atoms with E-state index >= 15 is 0 Å². The van der Waals surface area contributed by atoms with Crippen LogP contribution in [0.2, 0.25) is 0 Å². The maximum absolute atomic E-state index is 13.5. The molecule has 0 saturated heterocycles. The first-order chi connectivity index (χ1) is 22.3. The van der Waals surface area contributed by atoms with Gasteiger partial charge in [-0.05, 0) is 65.0 Å². The van der Waals surface area contributed by atoms with Crippen molar-refractivity contribution in [2.45, 2.75) is 64.5 Å². The van der Waals surface area contributed by atoms with Crippen molar-refractivity contribution in [3.63, 3.8) is 0 Å². The molecular formula is C29H35F3N6O9S. The summed E-state index contributed by atoms with van der Waals surface area (Å²) in [4.78, 5) is 28.4. The van der Waals surface area contributed by atoms with E-state index in [1.165, 1.54) is 19.1 Å². The molecule has 3 aromatic rings. The normalized spacial score (nSPS) is 13.0. The highest BCUT2D eigenvalue weighted by molar-refractivity contribution is 7.90. The lowest BCUT2D eigenvalue weighted by Gasteiger charge is -2.20. The van der Waals surface area contributed by atoms with E-state index < -0.39 is 52.6 Å². The van der Waals surface area contributed by atoms with Crippen molar-refractivity contribution >= 4 is 22.3 Å². The standard InChI is InChI=1S/C29H35F3N6O9S/c1-7-36(38(41)35-47-20(3)45-27(40)46-28(4,5)6)16-17-44-26(39)34-48(42,43)23-14-12-22(13-15-23)37-24(18-25(33-37)29(30,31)32)21-10-8-19(2)9-11-21/h8-15,18,20H,7,16-17H2,1-6H3,(H,34,39). The summed E-state index contributed by atoms with van der Waals surface area (Å²) in [5, 5.41) is 20.2. The molecular weight excluding hydrogens is 665 g/mol. The number of nitrogens with one attached hydrogen (secondary N) is 1. The molecule has 0 aliphatic rings. The monoisotopic (exact) mass is 700 g/mol. The molecule has 1 heterocycles. The molecule has 0 fully saturated rings. The lowest BCUT2D eigenvalue weighted by atomic mass is 10.1. The van der Waals surface area contributed by atoms with Crippen LogP contribution in [0.3, 0.4) is 0 Å². The summed E-state index contributed by atoms with van der Waals surface area (Å²) in [6.07, 6.45) is -8.39. The molecule has 2 aromatic carbocycles. The number of alkyl halides is 3. The summed E-state index contributed by atoms with van der Waals surface area (Å²) in [6.45, 7) is 8.97. The van der Waals surface area contributed by atoms with E-state index in [9.17, 15) is 36.4 Å². The topological polar surface area (TPSA) is 177 Å². The first kappa shape index (κ1) is 37.4. The van der Waals surface area contributed by atoms with Crippen molar-refractivity contribution in [3.05, 3.63) is 71.1 Å². The first-order valence-corrected chi connectivity index (χ1v) is 15.8. The molecule has 0 saturated carbocycles. The van der Waals surface area contributed by atoms with Gasteiger partial charge >= 0.3 is 18.4 Å². The van der Waals surface area contributed by atoms with Gasteiger partial charge in [0.1, 0.15) is 18.8 Å². The summed E-state index contributed by atoms with van der Waals surface area (Å²) in [6, 6.07) is 12.3. The Bertz CT molecular complexity index is 1710. The number of ether oxygens (including phenoxy) is 3. The predicted octanol–water partition coefficient (Wildman–Crippen LogP) is 5.71. The highest BCUT2D eigenvalue weighted by atomic mass is 32.2. The number of hydrogen-bond donors (Lipinski definition) is 1. The zero-order valence-corrected chi connectivity index (χ0v) is 27.7. The lowest BCUT2D eigenvalue weighted by molar-refractivity contribution is -0.712. The molecule has 0 spiro atoms. The summed E-state index contributed by atoms with van der Waals surface area (Å²) in [5.41, 5.74) is -0.340. The Morgan fingerprint density at radius 2 is 1.73 bits per heavy atom. The average Bonchev–Trinajstić information content (AvgIpc) is 3.44. The SMILES string of the molecule is CCN(CCOC(=O)NS(=O)(=O)c1ccc(-n2nc(C(F)(F)F)cc2-c2ccc(C)cc2)cc1)[N+]([O-])=NOC(C)OC(=O)OC(C)(C)C. The highest BCUT2D eigenvalue weighted by Gasteiger charge is 2.35. The van der Waals surface area contributed by atoms with Gasteiger partial charge in [0.15, 0.2) is 5.69 Å². The molecule has 1 aromatic heterocycles. The van der Waals surface area contributed by atoms with Crippen LogP contribution in [0.1, 0.15) is 45.9 Å². The second-order valence-electron chi connectivity index (χ2n) is 11.1. The number of halogens is 3. The van der Waals surface area contributed by atoms with E-state index in [1.54, 1.807) is 56.7 Å². The fourth-order valence-electron chi connectivity index (χ4n) is 3.81. The minimum Gasteiger partial charge on any atom is -0.569 e. The Morgan fingerprint density at radius 1 is 1.10 bits per heavy atom. The predicted molar refractivity (Wildman–Crippen MR) is 162 cm³/mol. The van der Waals surface area contributed by atoms with Gasteiger partial charge in [0, 0.05) is 12.5 Å². The molecule has 0 aliphatic heterocycles. The molecule has 0 aliphatic carbocycles. The zero-order valence-electron chi connectivity index (χ0n) is 26.8. The third-order valence-corrected chi connectivity index (χ3v) is 7.39. The summed E-state index contributed by atoms with van der Waals surface area (Å²) < 4.78 is 83.5. The van der Waals surface area contributed by atoms with Crippen molar-refractivity contribution in [1.29, 1.82) is 0 Å². The van der Waals surface area contributed by atoms with Gasteiger partial charge in [-0.2, -0.15) is 18.3 Å². The van der Waals surface area contributed by atoms with Crippen LogP contribution < -0.4 is 4.72 Å². The smallest absolute Gasteiger partial charge is 0.511 e. The van der Waals surface area contributed by atoms with Crippen molar-refractivity contribution in [2.24, 2.45) is 5.28 Å². The largest absolute Gasteiger partial charge is 0.569 e. The minimum atomic E-state index is -4.72. The van der Waals surface area contributed by atoms with Crippen LogP contribution in [0.25, 0.3) is 16.9 Å². The van der Waals surface area contributed by atoms with Gasteiger partial charge in [0.05, 0.1) is 27.8 Å². The molecule has 48 heavy (non-hydrogen) atoms. The third kappa shape index (κ3) is 10.7. The van der Waals surface area contributed by atoms with Crippen LogP contribution in [0.15, 0.2) is 64.8 Å². The molecule has 1 N–H and O–H groups in total. The number of carbonyl (C=O) groups is 2. The maximum atomic E-state index is 13.5. The number of amides is 1. The van der Waals surface area contributed by atoms with Crippen molar-refractivity contribution in [1.82, 2.24) is 19.5 Å². The summed E-state index contributed by atoms with van der Waals surface area (Å²) in [7, 11) is -4.47. The molecule has 15 nitrogen and oxygen atoms in total. The fourth-order valence-corrected chi connectivity index (χ4v) is 4.70. The van der Waals surface area contributed by atoms with Crippen LogP contribution in [0.4, 0.5) is 22.8 Å². The molecule has 1 atom stereocenters. The quantitative estimate of drug-likeness (QED) is 0.0805. The van der Waals surface area contributed by atoms with Crippen LogP contribution in [0.5, 0.6) is 0 Å². The van der Waals surface area contributed by atoms with Gasteiger partial charge in [-0.25, -0.2) is 27.4 Å². The lowest BCUT2D eigenvalue weighted by Crippen LogP contribution is -2.37. The van der Waals surface area contributed by atoms with Gasteiger partial charge in [0.25, 0.3) is 16.3 Å². The number of benzene rings is 2. The second kappa shape index (κ2) is 15.2. The number of sulfonamides is 1. The first-order valence-electron chi connectivity index (χ1n) is 14.3. The van der Waals surface area contributed by atoms with Crippen molar-refractivity contribution in [2.75, 3.05) is 19.7 Å². The van der Waals surface area contributed by atoms with Crippen LogP contribution >= 0.6 is 0 Å². The average molecular weight is 701 g/mol. The number of rotatable bonds is 12. The van der Waals surface area contributed by atoms with Gasteiger partial charge in [-0.15, -0.1) is 5.01 Å². The van der Waals surface area contributed by atoms with Gasteiger partial charge in [0.2, 0.25) is 5.28 Å². The van der Waals surface area contributed by atoms with Crippen molar-refractivity contribution in [3.8, 4) is 16.9 Å². The van der Waals surface area contributed by atoms with E-state index in [1.807, 2.05) is 6.92 Å². The number of aryl methyl sites for hydroxylation is 1. The summed E-state index contributed by atoms with van der Waals surface area (Å²) in [5.74, 6) is 0. The second-order valence-corrected chi connectivity index (χ2v) is 12.7. The van der Waals surface area contributed by atoms with E-state index in [2.05, 4.69) is 10.4 Å². The molecule has 1 unspecified atom stereocenters. The van der Waals surface area contributed by atoms with Crippen molar-refractivity contribution < 1.29 is 55.2 Å². The molecule has 262 valence electrons. The summed E-state index contributed by atoms with van der Waals surface area (Å²) >= 11 is 0. The van der Waals surface area contributed by atoms with Crippen LogP contribution in [0, 0.1) is 12.1 Å². The number of nitrogens with zero attached hydrogens (tertiary/aromatic N) is 5. The number of likely N-dealkylation sites (N-methyl/N-ethyl adjacent to an activating group) is 1. The molecule has 19 heteroatoms. The van der Waals surface area contributed by atoms with E-state index in [0.29, 0.717) is 5.56 Å². The van der Waals surface area contributed by atoms with Gasteiger partial charge in [-0.1, -0.05) is 29.8 Å². The van der Waals surface area contributed by atoms with Crippen LogP contribution in [-0.2, 0) is 35.2 Å². The van der Waals surface area contributed by atoms with E-state index in [4.69, 9.17) is 19.0 Å². The highest BCUT2D eigenvalue weighted by Crippen LogP contribution is 2.33. The van der Waals surface area contributed by atoms with Gasteiger partial charge < -0.3 is 19.4 Å². The Hall–Kier alpha value is -5.07. The Balaban J connectivity index is 1.60. The third-order valence-electron chi connectivity index (χ3n) is 6.06. The fraction of sp³-hybridized carbons (Fsp3) is 0.414. The molecule has 3 rings (SSSR count).